The highest BCUT2D eigenvalue weighted by Gasteiger charge is 2.41. The van der Waals surface area contributed by atoms with Gasteiger partial charge in [-0.2, -0.15) is 0 Å². The summed E-state index contributed by atoms with van der Waals surface area (Å²) in [6.07, 6.45) is 6.01. The highest BCUT2D eigenvalue weighted by atomic mass is 79.9. The van der Waals surface area contributed by atoms with Crippen LogP contribution >= 0.6 is 15.9 Å². The number of nitrogens with one attached hydrogen (secondary N) is 1. The van der Waals surface area contributed by atoms with Gasteiger partial charge < -0.3 is 10.1 Å². The summed E-state index contributed by atoms with van der Waals surface area (Å²) in [6, 6.07) is 9.09. The molecule has 1 saturated carbocycles. The maximum Gasteiger partial charge on any atom is 0.0837 e. The molecule has 2 nitrogen and oxygen atoms in total. The van der Waals surface area contributed by atoms with Crippen molar-refractivity contribution in [3.63, 3.8) is 0 Å². The Morgan fingerprint density at radius 3 is 2.40 bits per heavy atom. The Kier molecular flexibility index (Phi) is 6.06. The number of likely N-dealkylation sites (N-methyl/N-ethyl adjacent to an activating group) is 1. The molecule has 1 aromatic carbocycles. The quantitative estimate of drug-likeness (QED) is 0.798. The average molecular weight is 340 g/mol. The zero-order valence-electron chi connectivity index (χ0n) is 12.6. The zero-order chi connectivity index (χ0) is 14.4. The Bertz CT molecular complexity index is 398. The lowest BCUT2D eigenvalue weighted by atomic mass is 9.87. The summed E-state index contributed by atoms with van der Waals surface area (Å²) < 4.78 is 7.37. The van der Waals surface area contributed by atoms with Crippen LogP contribution in [0.4, 0.5) is 0 Å². The molecule has 0 amide bonds. The monoisotopic (exact) mass is 339 g/mol. The molecule has 1 atom stereocenters. The van der Waals surface area contributed by atoms with Gasteiger partial charge in [0.25, 0.3) is 0 Å². The van der Waals surface area contributed by atoms with Crippen molar-refractivity contribution in [1.82, 2.24) is 5.32 Å². The Morgan fingerprint density at radius 2 is 1.85 bits per heavy atom. The van der Waals surface area contributed by atoms with Crippen LogP contribution in [-0.2, 0) is 11.2 Å². The van der Waals surface area contributed by atoms with Crippen LogP contribution in [0.2, 0.25) is 0 Å². The standard InChI is InChI=1S/C17H26BrNO/c1-3-19-16(13-14-7-9-15(18)10-8-14)17(20-4-2)11-5-6-12-17/h7-10,16,19H,3-6,11-13H2,1-2H3. The second kappa shape index (κ2) is 7.58. The Hall–Kier alpha value is -0.380. The maximum atomic E-state index is 6.23. The summed E-state index contributed by atoms with van der Waals surface area (Å²) in [7, 11) is 0. The Balaban J connectivity index is 2.14. The lowest BCUT2D eigenvalue weighted by molar-refractivity contribution is -0.0609. The van der Waals surface area contributed by atoms with Gasteiger partial charge in [-0.3, -0.25) is 0 Å². The van der Waals surface area contributed by atoms with Crippen LogP contribution in [0.15, 0.2) is 28.7 Å². The summed E-state index contributed by atoms with van der Waals surface area (Å²) in [5.74, 6) is 0. The number of halogens is 1. The van der Waals surface area contributed by atoms with Crippen LogP contribution in [-0.4, -0.2) is 24.8 Å². The van der Waals surface area contributed by atoms with Crippen molar-refractivity contribution in [3.05, 3.63) is 34.3 Å². The van der Waals surface area contributed by atoms with E-state index in [0.717, 1.165) is 24.0 Å². The van der Waals surface area contributed by atoms with Crippen LogP contribution in [0.3, 0.4) is 0 Å². The molecule has 0 radical (unpaired) electrons. The molecule has 0 spiro atoms. The highest BCUT2D eigenvalue weighted by molar-refractivity contribution is 9.10. The second-order valence-electron chi connectivity index (χ2n) is 5.65. The largest absolute Gasteiger partial charge is 0.374 e. The molecule has 3 heteroatoms. The van der Waals surface area contributed by atoms with Gasteiger partial charge in [-0.05, 0) is 50.4 Å². The van der Waals surface area contributed by atoms with Crippen LogP contribution in [0, 0.1) is 0 Å². The molecular formula is C17H26BrNO. The SMILES string of the molecule is CCNC(Cc1ccc(Br)cc1)C1(OCC)CCCC1. The molecule has 1 unspecified atom stereocenters. The molecule has 1 aromatic rings. The fraction of sp³-hybridized carbons (Fsp3) is 0.647. The molecular weight excluding hydrogens is 314 g/mol. The lowest BCUT2D eigenvalue weighted by Crippen LogP contribution is -2.52. The van der Waals surface area contributed by atoms with E-state index in [9.17, 15) is 0 Å². The van der Waals surface area contributed by atoms with Gasteiger partial charge >= 0.3 is 0 Å². The average Bonchev–Trinajstić information content (AvgIpc) is 2.91. The molecule has 2 rings (SSSR count). The minimum absolute atomic E-state index is 0.0395. The van der Waals surface area contributed by atoms with Gasteiger partial charge in [0.1, 0.15) is 0 Å². The van der Waals surface area contributed by atoms with Crippen LogP contribution in [0.5, 0.6) is 0 Å². The summed E-state index contributed by atoms with van der Waals surface area (Å²) in [4.78, 5) is 0. The summed E-state index contributed by atoms with van der Waals surface area (Å²) >= 11 is 3.50. The third-order valence-electron chi connectivity index (χ3n) is 4.32. The van der Waals surface area contributed by atoms with E-state index in [0.29, 0.717) is 6.04 Å². The van der Waals surface area contributed by atoms with Crippen molar-refractivity contribution in [2.75, 3.05) is 13.2 Å². The van der Waals surface area contributed by atoms with E-state index >= 15 is 0 Å². The highest BCUT2D eigenvalue weighted by Crippen LogP contribution is 2.37. The van der Waals surface area contributed by atoms with Gasteiger partial charge in [-0.25, -0.2) is 0 Å². The van der Waals surface area contributed by atoms with Crippen LogP contribution in [0.1, 0.15) is 45.1 Å². The molecule has 1 aliphatic carbocycles. The van der Waals surface area contributed by atoms with Crippen molar-refractivity contribution < 1.29 is 4.74 Å². The topological polar surface area (TPSA) is 21.3 Å². The molecule has 0 saturated heterocycles. The third kappa shape index (κ3) is 3.84. The minimum atomic E-state index is 0.0395. The van der Waals surface area contributed by atoms with Crippen molar-refractivity contribution in [1.29, 1.82) is 0 Å². The molecule has 0 aromatic heterocycles. The molecule has 0 heterocycles. The predicted molar refractivity (Wildman–Crippen MR) is 88.1 cm³/mol. The summed E-state index contributed by atoms with van der Waals surface area (Å²) in [5, 5.41) is 3.68. The van der Waals surface area contributed by atoms with Gasteiger partial charge in [0.2, 0.25) is 0 Å². The fourth-order valence-corrected chi connectivity index (χ4v) is 3.67. The third-order valence-corrected chi connectivity index (χ3v) is 4.85. The van der Waals surface area contributed by atoms with Gasteiger partial charge in [0.15, 0.2) is 0 Å². The lowest BCUT2D eigenvalue weighted by Gasteiger charge is -2.38. The number of hydrogen-bond acceptors (Lipinski definition) is 2. The van der Waals surface area contributed by atoms with Gasteiger partial charge in [0, 0.05) is 17.1 Å². The van der Waals surface area contributed by atoms with E-state index in [2.05, 4.69) is 59.4 Å². The van der Waals surface area contributed by atoms with E-state index in [1.807, 2.05) is 0 Å². The summed E-state index contributed by atoms with van der Waals surface area (Å²) in [6.45, 7) is 6.10. The van der Waals surface area contributed by atoms with E-state index in [1.54, 1.807) is 0 Å². The van der Waals surface area contributed by atoms with E-state index < -0.39 is 0 Å². The zero-order valence-corrected chi connectivity index (χ0v) is 14.2. The normalized spacial score (nSPS) is 19.1. The van der Waals surface area contributed by atoms with Crippen molar-refractivity contribution in [2.45, 2.75) is 57.6 Å². The second-order valence-corrected chi connectivity index (χ2v) is 6.56. The summed E-state index contributed by atoms with van der Waals surface area (Å²) in [5.41, 5.74) is 1.42. The molecule has 0 bridgehead atoms. The first-order chi connectivity index (χ1) is 9.70. The number of ether oxygens (including phenoxy) is 1. The smallest absolute Gasteiger partial charge is 0.0837 e. The van der Waals surface area contributed by atoms with Gasteiger partial charge in [-0.15, -0.1) is 0 Å². The first kappa shape index (κ1) is 16.0. The molecule has 1 aliphatic rings. The Morgan fingerprint density at radius 1 is 1.20 bits per heavy atom. The number of rotatable bonds is 7. The van der Waals surface area contributed by atoms with E-state index in [1.165, 1.54) is 31.2 Å². The molecule has 20 heavy (non-hydrogen) atoms. The van der Waals surface area contributed by atoms with E-state index in [4.69, 9.17) is 4.74 Å². The van der Waals surface area contributed by atoms with E-state index in [-0.39, 0.29) is 5.60 Å². The number of benzene rings is 1. The van der Waals surface area contributed by atoms with Crippen LogP contribution in [0.25, 0.3) is 0 Å². The van der Waals surface area contributed by atoms with Crippen molar-refractivity contribution >= 4 is 15.9 Å². The molecule has 1 N–H and O–H groups in total. The molecule has 0 aliphatic heterocycles. The van der Waals surface area contributed by atoms with Crippen LogP contribution < -0.4 is 5.32 Å². The number of hydrogen-bond donors (Lipinski definition) is 1. The first-order valence-corrected chi connectivity index (χ1v) is 8.61. The first-order valence-electron chi connectivity index (χ1n) is 7.82. The van der Waals surface area contributed by atoms with Gasteiger partial charge in [-0.1, -0.05) is 47.8 Å². The predicted octanol–water partition coefficient (Wildman–Crippen LogP) is 4.32. The minimum Gasteiger partial charge on any atom is -0.374 e. The van der Waals surface area contributed by atoms with Gasteiger partial charge in [0.05, 0.1) is 5.60 Å². The maximum absolute atomic E-state index is 6.23. The van der Waals surface area contributed by atoms with Crippen molar-refractivity contribution in [3.8, 4) is 0 Å². The molecule has 112 valence electrons. The Labute approximate surface area is 131 Å². The fourth-order valence-electron chi connectivity index (χ4n) is 3.40. The molecule has 1 fully saturated rings. The van der Waals surface area contributed by atoms with Crippen molar-refractivity contribution in [2.24, 2.45) is 0 Å².